The number of rotatable bonds is 8. The predicted octanol–water partition coefficient (Wildman–Crippen LogP) is 4.60. The van der Waals surface area contributed by atoms with E-state index in [1.165, 1.54) is 18.2 Å². The fourth-order valence-corrected chi connectivity index (χ4v) is 4.16. The van der Waals surface area contributed by atoms with Gasteiger partial charge in [-0.3, -0.25) is 4.79 Å². The van der Waals surface area contributed by atoms with E-state index in [2.05, 4.69) is 10.0 Å². The van der Waals surface area contributed by atoms with Gasteiger partial charge in [0.05, 0.1) is 9.92 Å². The van der Waals surface area contributed by atoms with Crippen LogP contribution in [0, 0.1) is 5.92 Å². The molecule has 0 bridgehead atoms. The highest BCUT2D eigenvalue weighted by molar-refractivity contribution is 7.89. The van der Waals surface area contributed by atoms with Crippen LogP contribution in [0.25, 0.3) is 0 Å². The van der Waals surface area contributed by atoms with Crippen molar-refractivity contribution in [3.63, 3.8) is 0 Å². The molecule has 0 spiro atoms. The van der Waals surface area contributed by atoms with Gasteiger partial charge in [0.1, 0.15) is 5.75 Å². The molecule has 2 aromatic rings. The van der Waals surface area contributed by atoms with Crippen molar-refractivity contribution in [2.45, 2.75) is 18.7 Å². The quantitative estimate of drug-likeness (QED) is 0.597. The lowest BCUT2D eigenvalue weighted by molar-refractivity contribution is -0.118. The molecule has 10 heteroatoms. The summed E-state index contributed by atoms with van der Waals surface area (Å²) in [5.74, 6) is -0.103. The number of carbonyl (C=O) groups excluding carboxylic acids is 1. The number of benzene rings is 2. The van der Waals surface area contributed by atoms with E-state index in [0.717, 1.165) is 0 Å². The van der Waals surface area contributed by atoms with E-state index in [9.17, 15) is 13.2 Å². The highest BCUT2D eigenvalue weighted by atomic mass is 35.5. The summed E-state index contributed by atoms with van der Waals surface area (Å²) in [5.41, 5.74) is 0.426. The second-order valence-corrected chi connectivity index (χ2v) is 9.38. The zero-order chi connectivity index (χ0) is 20.9. The number of halogens is 3. The van der Waals surface area contributed by atoms with E-state index < -0.39 is 15.9 Å². The number of hydrogen-bond acceptors (Lipinski definition) is 4. The van der Waals surface area contributed by atoms with E-state index in [0.29, 0.717) is 22.3 Å². The Hall–Kier alpha value is -1.51. The Morgan fingerprint density at radius 3 is 2.29 bits per heavy atom. The summed E-state index contributed by atoms with van der Waals surface area (Å²) < 4.78 is 32.3. The van der Waals surface area contributed by atoms with Gasteiger partial charge in [0.2, 0.25) is 10.0 Å². The molecular formula is C18H19Cl3N2O4S. The summed E-state index contributed by atoms with van der Waals surface area (Å²) in [4.78, 5) is 12.0. The fourth-order valence-electron chi connectivity index (χ4n) is 2.09. The van der Waals surface area contributed by atoms with Gasteiger partial charge in [-0.15, -0.1) is 0 Å². The van der Waals surface area contributed by atoms with Crippen LogP contribution in [0.1, 0.15) is 13.8 Å². The number of hydrogen-bond donors (Lipinski definition) is 2. The Balaban J connectivity index is 2.00. The largest absolute Gasteiger partial charge is 0.482 e. The zero-order valence-electron chi connectivity index (χ0n) is 15.1. The molecule has 1 amide bonds. The Morgan fingerprint density at radius 1 is 1.07 bits per heavy atom. The summed E-state index contributed by atoms with van der Waals surface area (Å²) in [7, 11) is -3.67. The first-order chi connectivity index (χ1) is 13.1. The van der Waals surface area contributed by atoms with Crippen LogP contribution in [0.4, 0.5) is 5.69 Å². The third-order valence-corrected chi connectivity index (χ3v) is 5.55. The van der Waals surface area contributed by atoms with Crippen LogP contribution in [0.3, 0.4) is 0 Å². The van der Waals surface area contributed by atoms with Crippen molar-refractivity contribution >= 4 is 56.4 Å². The molecule has 2 N–H and O–H groups in total. The lowest BCUT2D eigenvalue weighted by Crippen LogP contribution is -2.27. The SMILES string of the molecule is CC(C)CNS(=O)(=O)c1ccc(OCC(=O)Nc2cc(Cl)cc(Cl)c2)c(Cl)c1. The second kappa shape index (κ2) is 9.80. The number of ether oxygens (including phenoxy) is 1. The molecule has 0 aromatic heterocycles. The number of nitrogens with one attached hydrogen (secondary N) is 2. The second-order valence-electron chi connectivity index (χ2n) is 6.33. The van der Waals surface area contributed by atoms with Crippen molar-refractivity contribution in [3.05, 3.63) is 51.5 Å². The molecule has 0 aliphatic heterocycles. The molecule has 2 rings (SSSR count). The number of sulfonamides is 1. The van der Waals surface area contributed by atoms with E-state index >= 15 is 0 Å². The topological polar surface area (TPSA) is 84.5 Å². The summed E-state index contributed by atoms with van der Waals surface area (Å²) >= 11 is 17.9. The van der Waals surface area contributed by atoms with Gasteiger partial charge in [-0.2, -0.15) is 0 Å². The molecule has 0 aliphatic carbocycles. The number of carbonyl (C=O) groups is 1. The smallest absolute Gasteiger partial charge is 0.262 e. The molecule has 28 heavy (non-hydrogen) atoms. The molecule has 0 unspecified atom stereocenters. The Bertz CT molecular complexity index is 945. The van der Waals surface area contributed by atoms with E-state index in [1.54, 1.807) is 18.2 Å². The number of anilines is 1. The van der Waals surface area contributed by atoms with E-state index in [1.807, 2.05) is 13.8 Å². The van der Waals surface area contributed by atoms with E-state index in [-0.39, 0.29) is 28.2 Å². The molecule has 152 valence electrons. The lowest BCUT2D eigenvalue weighted by Gasteiger charge is -2.12. The summed E-state index contributed by atoms with van der Waals surface area (Å²) in [6.45, 7) is 3.77. The maximum Gasteiger partial charge on any atom is 0.262 e. The Labute approximate surface area is 179 Å². The first kappa shape index (κ1) is 22.8. The molecule has 0 aliphatic rings. The maximum absolute atomic E-state index is 12.2. The van der Waals surface area contributed by atoms with Crippen LogP contribution >= 0.6 is 34.8 Å². The normalized spacial score (nSPS) is 11.5. The third-order valence-electron chi connectivity index (χ3n) is 3.40. The van der Waals surface area contributed by atoms with Gasteiger partial charge >= 0.3 is 0 Å². The minimum Gasteiger partial charge on any atom is -0.482 e. The molecule has 6 nitrogen and oxygen atoms in total. The molecule has 0 heterocycles. The molecule has 2 aromatic carbocycles. The summed E-state index contributed by atoms with van der Waals surface area (Å²) in [6, 6.07) is 8.66. The van der Waals surface area contributed by atoms with Gasteiger partial charge in [-0.1, -0.05) is 48.7 Å². The first-order valence-electron chi connectivity index (χ1n) is 8.25. The lowest BCUT2D eigenvalue weighted by atomic mass is 10.2. The van der Waals surface area contributed by atoms with Crippen molar-refractivity contribution in [1.82, 2.24) is 4.72 Å². The first-order valence-corrected chi connectivity index (χ1v) is 10.9. The van der Waals surface area contributed by atoms with Crippen LogP contribution in [-0.4, -0.2) is 27.5 Å². The van der Waals surface area contributed by atoms with Gasteiger partial charge in [0, 0.05) is 22.3 Å². The minimum absolute atomic E-state index is 0.0171. The molecule has 0 saturated heterocycles. The van der Waals surface area contributed by atoms with Crippen LogP contribution in [0.15, 0.2) is 41.3 Å². The molecule has 0 saturated carbocycles. The van der Waals surface area contributed by atoms with Gasteiger partial charge in [-0.05, 0) is 42.3 Å². The molecule has 0 fully saturated rings. The van der Waals surface area contributed by atoms with Crippen LogP contribution in [0.2, 0.25) is 15.1 Å². The summed E-state index contributed by atoms with van der Waals surface area (Å²) in [5, 5.41) is 3.44. The monoisotopic (exact) mass is 464 g/mol. The minimum atomic E-state index is -3.67. The van der Waals surface area contributed by atoms with Gasteiger partial charge in [0.25, 0.3) is 5.91 Å². The van der Waals surface area contributed by atoms with Gasteiger partial charge in [0.15, 0.2) is 6.61 Å². The fraction of sp³-hybridized carbons (Fsp3) is 0.278. The predicted molar refractivity (Wildman–Crippen MR) is 112 cm³/mol. The van der Waals surface area contributed by atoms with Crippen molar-refractivity contribution in [2.24, 2.45) is 5.92 Å². The Kier molecular flexibility index (Phi) is 7.97. The Morgan fingerprint density at radius 2 is 1.71 bits per heavy atom. The van der Waals surface area contributed by atoms with Gasteiger partial charge < -0.3 is 10.1 Å². The van der Waals surface area contributed by atoms with Crippen molar-refractivity contribution in [1.29, 1.82) is 0 Å². The highest BCUT2D eigenvalue weighted by Crippen LogP contribution is 2.27. The van der Waals surface area contributed by atoms with Crippen LogP contribution in [0.5, 0.6) is 5.75 Å². The molecular weight excluding hydrogens is 447 g/mol. The van der Waals surface area contributed by atoms with Gasteiger partial charge in [-0.25, -0.2) is 13.1 Å². The average Bonchev–Trinajstić information content (AvgIpc) is 2.58. The number of amides is 1. The maximum atomic E-state index is 12.2. The third kappa shape index (κ3) is 6.83. The van der Waals surface area contributed by atoms with Crippen molar-refractivity contribution in [2.75, 3.05) is 18.5 Å². The molecule has 0 atom stereocenters. The van der Waals surface area contributed by atoms with Crippen molar-refractivity contribution < 1.29 is 17.9 Å². The molecule has 0 radical (unpaired) electrons. The standard InChI is InChI=1S/C18H19Cl3N2O4S/c1-11(2)9-22-28(25,26)15-3-4-17(16(21)8-15)27-10-18(24)23-14-6-12(19)5-13(20)7-14/h3-8,11,22H,9-10H2,1-2H3,(H,23,24). The van der Waals surface area contributed by atoms with Crippen molar-refractivity contribution in [3.8, 4) is 5.75 Å². The van der Waals surface area contributed by atoms with Crippen LogP contribution in [-0.2, 0) is 14.8 Å². The average molecular weight is 466 g/mol. The zero-order valence-corrected chi connectivity index (χ0v) is 18.2. The van der Waals surface area contributed by atoms with Crippen LogP contribution < -0.4 is 14.8 Å². The summed E-state index contributed by atoms with van der Waals surface area (Å²) in [6.07, 6.45) is 0. The van der Waals surface area contributed by atoms with E-state index in [4.69, 9.17) is 39.5 Å². The highest BCUT2D eigenvalue weighted by Gasteiger charge is 2.17.